The fourth-order valence-electron chi connectivity index (χ4n) is 9.21. The predicted molar refractivity (Wildman–Crippen MR) is 263 cm³/mol. The van der Waals surface area contributed by atoms with E-state index in [1.807, 2.05) is 108 Å². The summed E-state index contributed by atoms with van der Waals surface area (Å²) < 4.78 is 45.6. The fraction of sp³-hybridized carbons (Fsp3) is 0. The van der Waals surface area contributed by atoms with Gasteiger partial charge in [0, 0.05) is 33.1 Å². The molecule has 0 unspecified atom stereocenters. The summed E-state index contributed by atoms with van der Waals surface area (Å²) in [5.41, 5.74) is 9.95. The zero-order valence-corrected chi connectivity index (χ0v) is 33.6. The molecule has 12 rings (SSSR count). The Bertz CT molecular complexity index is 3850. The molecule has 11 aromatic carbocycles. The number of anilines is 3. The molecule has 0 amide bonds. The van der Waals surface area contributed by atoms with Crippen molar-refractivity contribution in [1.82, 2.24) is 0 Å². The highest BCUT2D eigenvalue weighted by Crippen LogP contribution is 2.45. The van der Waals surface area contributed by atoms with Crippen molar-refractivity contribution in [2.24, 2.45) is 0 Å². The van der Waals surface area contributed by atoms with E-state index >= 15 is 0 Å². The number of fused-ring (bicyclic) bond motifs is 7. The predicted octanol–water partition coefficient (Wildman–Crippen LogP) is 17.2. The van der Waals surface area contributed by atoms with Gasteiger partial charge in [-0.25, -0.2) is 0 Å². The Morgan fingerprint density at radius 3 is 1.63 bits per heavy atom. The fourth-order valence-corrected chi connectivity index (χ4v) is 9.21. The number of hydrogen-bond acceptors (Lipinski definition) is 2. The number of para-hydroxylation sites is 2. The van der Waals surface area contributed by atoms with Gasteiger partial charge in [-0.1, -0.05) is 188 Å². The molecule has 0 N–H and O–H groups in total. The first-order valence-electron chi connectivity index (χ1n) is 22.9. The highest BCUT2D eigenvalue weighted by molar-refractivity contribution is 6.18. The van der Waals surface area contributed by atoms with Crippen LogP contribution in [-0.4, -0.2) is 0 Å². The van der Waals surface area contributed by atoms with Gasteiger partial charge < -0.3 is 9.32 Å². The molecular formula is C60H39NO. The second-order valence-corrected chi connectivity index (χ2v) is 15.7. The van der Waals surface area contributed by atoms with E-state index in [0.717, 1.165) is 87.6 Å². The summed E-state index contributed by atoms with van der Waals surface area (Å²) in [6.07, 6.45) is 0. The first-order valence-corrected chi connectivity index (χ1v) is 20.9. The molecule has 0 atom stereocenters. The highest BCUT2D eigenvalue weighted by atomic mass is 16.3. The highest BCUT2D eigenvalue weighted by Gasteiger charge is 2.20. The largest absolute Gasteiger partial charge is 0.455 e. The molecule has 2 nitrogen and oxygen atoms in total. The number of nitrogens with zero attached hydrogens (tertiary/aromatic N) is 1. The van der Waals surface area contributed by atoms with Crippen LogP contribution >= 0.6 is 0 Å². The van der Waals surface area contributed by atoms with Crippen molar-refractivity contribution < 1.29 is 9.90 Å². The van der Waals surface area contributed by atoms with Gasteiger partial charge in [0.1, 0.15) is 11.2 Å². The minimum absolute atomic E-state index is 0.117. The van der Waals surface area contributed by atoms with Crippen molar-refractivity contribution in [1.29, 1.82) is 0 Å². The number of hydrogen-bond donors (Lipinski definition) is 0. The summed E-state index contributed by atoms with van der Waals surface area (Å²) in [6, 6.07) is 71.2. The first kappa shape index (κ1) is 31.7. The van der Waals surface area contributed by atoms with Gasteiger partial charge in [0.25, 0.3) is 0 Å². The Morgan fingerprint density at radius 2 is 0.855 bits per heavy atom. The van der Waals surface area contributed by atoms with Crippen LogP contribution in [0.3, 0.4) is 0 Å². The summed E-state index contributed by atoms with van der Waals surface area (Å²) >= 11 is 0. The van der Waals surface area contributed by atoms with Gasteiger partial charge >= 0.3 is 0 Å². The lowest BCUT2D eigenvalue weighted by atomic mass is 9.94. The van der Waals surface area contributed by atoms with E-state index in [1.165, 1.54) is 0 Å². The molecule has 1 heterocycles. The minimum atomic E-state index is -0.142. The molecule has 0 aliphatic carbocycles. The van der Waals surface area contributed by atoms with Crippen molar-refractivity contribution in [3.63, 3.8) is 0 Å². The number of rotatable bonds is 7. The summed E-state index contributed by atoms with van der Waals surface area (Å²) in [5.74, 6) is 0. The third-order valence-electron chi connectivity index (χ3n) is 12.1. The summed E-state index contributed by atoms with van der Waals surface area (Å²) in [5, 5.41) is 8.57. The second-order valence-electron chi connectivity index (χ2n) is 15.7. The van der Waals surface area contributed by atoms with Crippen molar-refractivity contribution >= 4 is 71.3 Å². The minimum Gasteiger partial charge on any atom is -0.455 e. The lowest BCUT2D eigenvalue weighted by Gasteiger charge is -2.28. The topological polar surface area (TPSA) is 16.4 Å². The summed E-state index contributed by atoms with van der Waals surface area (Å²) in [6.45, 7) is 0. The van der Waals surface area contributed by atoms with Gasteiger partial charge in [0.2, 0.25) is 0 Å². The molecule has 2 heteroatoms. The molecule has 62 heavy (non-hydrogen) atoms. The first-order chi connectivity index (χ1) is 32.4. The zero-order chi connectivity index (χ0) is 44.5. The lowest BCUT2D eigenvalue weighted by Crippen LogP contribution is -2.11. The van der Waals surface area contributed by atoms with E-state index in [9.17, 15) is 5.48 Å². The molecule has 0 saturated carbocycles. The molecule has 0 spiro atoms. The van der Waals surface area contributed by atoms with E-state index < -0.39 is 0 Å². The van der Waals surface area contributed by atoms with E-state index in [1.54, 1.807) is 0 Å². The van der Waals surface area contributed by atoms with Crippen LogP contribution in [0.5, 0.6) is 0 Å². The molecule has 12 aromatic rings. The molecule has 0 fully saturated rings. The van der Waals surface area contributed by atoms with Gasteiger partial charge in [-0.05, 0) is 114 Å². The van der Waals surface area contributed by atoms with Gasteiger partial charge in [0.05, 0.1) is 11.2 Å². The molecular weight excluding hydrogens is 751 g/mol. The maximum absolute atomic E-state index is 9.85. The monoisotopic (exact) mass is 793 g/mol. The molecule has 1 aromatic heterocycles. The average Bonchev–Trinajstić information content (AvgIpc) is 3.76. The van der Waals surface area contributed by atoms with Crippen LogP contribution in [0.4, 0.5) is 17.1 Å². The second kappa shape index (κ2) is 14.8. The number of benzene rings is 11. The Balaban J connectivity index is 1.06. The summed E-state index contributed by atoms with van der Waals surface area (Å²) in [4.78, 5) is 1.90. The van der Waals surface area contributed by atoms with Crippen LogP contribution < -0.4 is 4.90 Å². The van der Waals surface area contributed by atoms with Gasteiger partial charge in [-0.2, -0.15) is 0 Å². The van der Waals surface area contributed by atoms with Crippen LogP contribution in [0.15, 0.2) is 241 Å². The van der Waals surface area contributed by atoms with Crippen LogP contribution in [0.2, 0.25) is 0 Å². The Hall–Kier alpha value is -8.20. The molecule has 0 saturated heterocycles. The van der Waals surface area contributed by atoms with Gasteiger partial charge in [0.15, 0.2) is 0 Å². The lowest BCUT2D eigenvalue weighted by molar-refractivity contribution is 0.672. The van der Waals surface area contributed by atoms with Gasteiger partial charge in [-0.15, -0.1) is 0 Å². The van der Waals surface area contributed by atoms with E-state index in [2.05, 4.69) is 109 Å². The SMILES string of the molecule is [2H]c1c([2H])c(N(c2ccc(-c3cccc4ccccc34)cc2)c2ccccc2-c2cccc3c2ccc2c4ccccc4oc32)c([2H])c([2H])c1-c1cccc(-c2cccc3ccccc23)c1. The van der Waals surface area contributed by atoms with Crippen LogP contribution in [-0.2, 0) is 0 Å². The quantitative estimate of drug-likeness (QED) is 0.160. The molecule has 0 bridgehead atoms. The molecule has 0 aliphatic heterocycles. The summed E-state index contributed by atoms with van der Waals surface area (Å²) in [7, 11) is 0. The van der Waals surface area contributed by atoms with Crippen LogP contribution in [0, 0.1) is 0 Å². The standard InChI is InChI=1S/C60H39NO/c1-3-19-48-41(13-1)15-10-23-50(48)43-31-35-47(36-32-43)61(46-33-29-40(30-34-46)44-17-9-18-45(39-44)51-24-11-16-42-14-2-4-20-49(42)51)58-27-7-5-21-54(58)52-25-12-26-56-53(52)37-38-57-55-22-6-8-28-59(55)62-60(56)57/h1-39H/i29D,30D,33D,34D. The van der Waals surface area contributed by atoms with E-state index in [0.29, 0.717) is 16.9 Å². The van der Waals surface area contributed by atoms with Crippen molar-refractivity contribution in [3.05, 3.63) is 236 Å². The molecule has 0 aliphatic rings. The van der Waals surface area contributed by atoms with Gasteiger partial charge in [-0.3, -0.25) is 0 Å². The third kappa shape index (κ3) is 6.04. The Kier molecular flexibility index (Phi) is 7.57. The normalized spacial score (nSPS) is 12.5. The van der Waals surface area contributed by atoms with Crippen LogP contribution in [0.1, 0.15) is 5.48 Å². The van der Waals surface area contributed by atoms with Crippen molar-refractivity contribution in [2.45, 2.75) is 0 Å². The maximum Gasteiger partial charge on any atom is 0.143 e. The van der Waals surface area contributed by atoms with Crippen molar-refractivity contribution in [2.75, 3.05) is 4.90 Å². The number of furan rings is 1. The van der Waals surface area contributed by atoms with E-state index in [-0.39, 0.29) is 35.4 Å². The Morgan fingerprint density at radius 1 is 0.323 bits per heavy atom. The third-order valence-corrected chi connectivity index (χ3v) is 12.1. The average molecular weight is 794 g/mol. The zero-order valence-electron chi connectivity index (χ0n) is 37.6. The van der Waals surface area contributed by atoms with Crippen molar-refractivity contribution in [3.8, 4) is 44.5 Å². The molecule has 0 radical (unpaired) electrons. The molecule has 290 valence electrons. The van der Waals surface area contributed by atoms with E-state index in [4.69, 9.17) is 4.42 Å². The Labute approximate surface area is 365 Å². The smallest absolute Gasteiger partial charge is 0.143 e. The van der Waals surface area contributed by atoms with Crippen LogP contribution in [0.25, 0.3) is 98.8 Å². The maximum atomic E-state index is 9.85.